The van der Waals surface area contributed by atoms with Crippen LogP contribution in [0.5, 0.6) is 5.75 Å². The zero-order chi connectivity index (χ0) is 12.7. The van der Waals surface area contributed by atoms with Crippen LogP contribution in [0.25, 0.3) is 11.0 Å². The van der Waals surface area contributed by atoms with Crippen molar-refractivity contribution in [1.29, 1.82) is 0 Å². The van der Waals surface area contributed by atoms with Crippen LogP contribution in [0.4, 0.5) is 8.78 Å². The van der Waals surface area contributed by atoms with Crippen LogP contribution < -0.4 is 5.63 Å². The van der Waals surface area contributed by atoms with Crippen molar-refractivity contribution in [2.45, 2.75) is 11.4 Å². The fourth-order valence-electron chi connectivity index (χ4n) is 1.59. The Morgan fingerprint density at radius 1 is 1.47 bits per heavy atom. The second-order valence-corrected chi connectivity index (χ2v) is 4.29. The van der Waals surface area contributed by atoms with Crippen molar-refractivity contribution in [1.82, 2.24) is 0 Å². The van der Waals surface area contributed by atoms with Gasteiger partial charge in [0.1, 0.15) is 0 Å². The van der Waals surface area contributed by atoms with E-state index in [4.69, 9.17) is 9.52 Å². The van der Waals surface area contributed by atoms with Crippen molar-refractivity contribution in [3.63, 3.8) is 0 Å². The van der Waals surface area contributed by atoms with Crippen molar-refractivity contribution >= 4 is 33.6 Å². The molecule has 0 unspecified atom stereocenters. The van der Waals surface area contributed by atoms with E-state index in [1.165, 1.54) is 0 Å². The molecule has 6 heteroatoms. The number of hydrogen-bond acceptors (Lipinski definition) is 3. The molecule has 1 aromatic carbocycles. The zero-order valence-electron chi connectivity index (χ0n) is 8.68. The summed E-state index contributed by atoms with van der Waals surface area (Å²) in [5.41, 5.74) is -0.264. The first-order valence-corrected chi connectivity index (χ1v) is 6.19. The molecule has 17 heavy (non-hydrogen) atoms. The number of phenols is 1. The topological polar surface area (TPSA) is 50.4 Å². The lowest BCUT2D eigenvalue weighted by Gasteiger charge is -2.07. The molecule has 0 radical (unpaired) electrons. The first-order valence-electron chi connectivity index (χ1n) is 4.66. The van der Waals surface area contributed by atoms with Gasteiger partial charge < -0.3 is 9.52 Å². The second-order valence-electron chi connectivity index (χ2n) is 3.52. The molecule has 0 saturated heterocycles. The summed E-state index contributed by atoms with van der Waals surface area (Å²) in [5, 5.41) is 9.26. The van der Waals surface area contributed by atoms with Crippen LogP contribution in [0.2, 0.25) is 0 Å². The fourth-order valence-corrected chi connectivity index (χ4v) is 2.48. The molecule has 3 nitrogen and oxygen atoms in total. The molecule has 1 N–H and O–H groups in total. The number of hydrogen-bond donors (Lipinski definition) is 1. The predicted molar refractivity (Wildman–Crippen MR) is 66.5 cm³/mol. The van der Waals surface area contributed by atoms with Gasteiger partial charge in [0.2, 0.25) is 5.82 Å². The lowest BCUT2D eigenvalue weighted by atomic mass is 10.1. The highest BCUT2D eigenvalue weighted by molar-refractivity contribution is 14.1. The number of aromatic hydroxyl groups is 1. The van der Waals surface area contributed by atoms with E-state index in [1.54, 1.807) is 6.92 Å². The molecule has 0 amide bonds. The Bertz CT molecular complexity index is 664. The fraction of sp³-hybridized carbons (Fsp3) is 0.182. The Labute approximate surface area is 108 Å². The van der Waals surface area contributed by atoms with E-state index in [-0.39, 0.29) is 5.39 Å². The molecule has 2 aromatic rings. The summed E-state index contributed by atoms with van der Waals surface area (Å²) in [6.45, 7) is 1.59. The van der Waals surface area contributed by atoms with E-state index >= 15 is 0 Å². The third-order valence-corrected chi connectivity index (χ3v) is 3.34. The Morgan fingerprint density at radius 3 is 2.71 bits per heavy atom. The highest BCUT2D eigenvalue weighted by Crippen LogP contribution is 2.30. The molecule has 1 heterocycles. The maximum Gasteiger partial charge on any atom is 0.340 e. The Balaban J connectivity index is 3.03. The van der Waals surface area contributed by atoms with Gasteiger partial charge in [0, 0.05) is 9.81 Å². The monoisotopic (exact) mass is 352 g/mol. The largest absolute Gasteiger partial charge is 0.503 e. The molecule has 0 spiro atoms. The van der Waals surface area contributed by atoms with E-state index in [0.717, 1.165) is 6.07 Å². The number of aryl methyl sites for hydroxylation is 1. The predicted octanol–water partition coefficient (Wildman–Crippen LogP) is 3.02. The maximum absolute atomic E-state index is 13.5. The molecule has 0 aliphatic heterocycles. The molecule has 90 valence electrons. The number of alkyl halides is 1. The minimum atomic E-state index is -1.25. The van der Waals surface area contributed by atoms with Gasteiger partial charge in [0.25, 0.3) is 0 Å². The summed E-state index contributed by atoms with van der Waals surface area (Å²) in [4.78, 5) is 11.5. The Kier molecular flexibility index (Phi) is 3.07. The van der Waals surface area contributed by atoms with Gasteiger partial charge in [-0.2, -0.15) is 4.39 Å². The quantitative estimate of drug-likeness (QED) is 0.488. The number of benzene rings is 1. The molecule has 0 atom stereocenters. The highest BCUT2D eigenvalue weighted by atomic mass is 127. The summed E-state index contributed by atoms with van der Waals surface area (Å²) in [7, 11) is 0. The van der Waals surface area contributed by atoms with Gasteiger partial charge in [0.15, 0.2) is 17.1 Å². The SMILES string of the molecule is Cc1c(CI)c(=O)oc2c(F)c(O)c(F)cc12. The van der Waals surface area contributed by atoms with Gasteiger partial charge in [-0.1, -0.05) is 22.6 Å². The normalized spacial score (nSPS) is 11.1. The van der Waals surface area contributed by atoms with Gasteiger partial charge in [-0.3, -0.25) is 0 Å². The summed E-state index contributed by atoms with van der Waals surface area (Å²) < 4.78 is 31.9. The van der Waals surface area contributed by atoms with Gasteiger partial charge >= 0.3 is 5.63 Å². The van der Waals surface area contributed by atoms with E-state index < -0.39 is 28.6 Å². The van der Waals surface area contributed by atoms with Crippen molar-refractivity contribution in [2.75, 3.05) is 0 Å². The van der Waals surface area contributed by atoms with Crippen LogP contribution in [0.15, 0.2) is 15.3 Å². The molecule has 1 aromatic heterocycles. The maximum atomic E-state index is 13.5. The summed E-state index contributed by atoms with van der Waals surface area (Å²) in [5.74, 6) is -3.46. The summed E-state index contributed by atoms with van der Waals surface area (Å²) in [6.07, 6.45) is 0. The van der Waals surface area contributed by atoms with Crippen molar-refractivity contribution in [2.24, 2.45) is 0 Å². The van der Waals surface area contributed by atoms with Gasteiger partial charge in [-0.25, -0.2) is 9.18 Å². The number of fused-ring (bicyclic) bond motifs is 1. The van der Waals surface area contributed by atoms with Crippen LogP contribution >= 0.6 is 22.6 Å². The van der Waals surface area contributed by atoms with Gasteiger partial charge in [-0.15, -0.1) is 0 Å². The summed E-state index contributed by atoms with van der Waals surface area (Å²) >= 11 is 1.96. The highest BCUT2D eigenvalue weighted by Gasteiger charge is 2.19. The Morgan fingerprint density at radius 2 is 2.12 bits per heavy atom. The van der Waals surface area contributed by atoms with Crippen LogP contribution in [-0.2, 0) is 4.43 Å². The minimum absolute atomic E-state index is 0.157. The van der Waals surface area contributed by atoms with E-state index in [2.05, 4.69) is 0 Å². The van der Waals surface area contributed by atoms with E-state index in [0.29, 0.717) is 15.6 Å². The van der Waals surface area contributed by atoms with Crippen LogP contribution in [-0.4, -0.2) is 5.11 Å². The molecular formula is C11H7F2IO3. The van der Waals surface area contributed by atoms with E-state index in [9.17, 15) is 13.6 Å². The second kappa shape index (κ2) is 4.25. The molecule has 0 fully saturated rings. The molecular weight excluding hydrogens is 345 g/mol. The number of halogens is 3. The molecule has 0 aliphatic rings. The van der Waals surface area contributed by atoms with E-state index in [1.807, 2.05) is 22.6 Å². The number of rotatable bonds is 1. The zero-order valence-corrected chi connectivity index (χ0v) is 10.8. The third kappa shape index (κ3) is 1.80. The van der Waals surface area contributed by atoms with Crippen LogP contribution in [0.1, 0.15) is 11.1 Å². The van der Waals surface area contributed by atoms with Crippen LogP contribution in [0.3, 0.4) is 0 Å². The third-order valence-electron chi connectivity index (χ3n) is 2.58. The first-order chi connectivity index (χ1) is 7.97. The van der Waals surface area contributed by atoms with Crippen molar-refractivity contribution in [3.05, 3.63) is 39.2 Å². The smallest absolute Gasteiger partial charge is 0.340 e. The van der Waals surface area contributed by atoms with Gasteiger partial charge in [0.05, 0.1) is 5.56 Å². The molecule has 2 rings (SSSR count). The lowest BCUT2D eigenvalue weighted by Crippen LogP contribution is -2.09. The minimum Gasteiger partial charge on any atom is -0.503 e. The first kappa shape index (κ1) is 12.3. The summed E-state index contributed by atoms with van der Waals surface area (Å²) in [6, 6.07) is 0.960. The lowest BCUT2D eigenvalue weighted by molar-refractivity contribution is 0.392. The Hall–Kier alpha value is -1.18. The van der Waals surface area contributed by atoms with Crippen molar-refractivity contribution < 1.29 is 18.3 Å². The average molecular weight is 352 g/mol. The molecule has 0 saturated carbocycles. The number of phenolic OH excluding ortho intramolecular Hbond substituents is 1. The standard InChI is InChI=1S/C11H7F2IO3/c1-4-5-2-7(12)9(15)8(13)10(5)17-11(16)6(4)3-14/h2,15H,3H2,1H3. The van der Waals surface area contributed by atoms with Crippen LogP contribution in [0, 0.1) is 18.6 Å². The molecule has 0 bridgehead atoms. The van der Waals surface area contributed by atoms with Crippen molar-refractivity contribution in [3.8, 4) is 5.75 Å². The average Bonchev–Trinajstić information content (AvgIpc) is 2.29. The van der Waals surface area contributed by atoms with Gasteiger partial charge in [-0.05, 0) is 18.6 Å². The molecule has 0 aliphatic carbocycles.